The summed E-state index contributed by atoms with van der Waals surface area (Å²) < 4.78 is 0. The van der Waals surface area contributed by atoms with Crippen LogP contribution in [0.3, 0.4) is 0 Å². The van der Waals surface area contributed by atoms with Crippen LogP contribution >= 0.6 is 0 Å². The van der Waals surface area contributed by atoms with Crippen molar-refractivity contribution in [1.82, 2.24) is 5.32 Å². The van der Waals surface area contributed by atoms with Gasteiger partial charge in [0.25, 0.3) is 0 Å². The molecule has 0 saturated heterocycles. The number of rotatable bonds is 3. The number of hydrogen-bond donors (Lipinski definition) is 1. The first-order chi connectivity index (χ1) is 8.14. The van der Waals surface area contributed by atoms with Crippen LogP contribution in [-0.2, 0) is 0 Å². The van der Waals surface area contributed by atoms with E-state index < -0.39 is 0 Å². The lowest BCUT2D eigenvalue weighted by Crippen LogP contribution is -2.30. The monoisotopic (exact) mass is 229 g/mol. The number of hydrogen-bond acceptors (Lipinski definition) is 1. The lowest BCUT2D eigenvalue weighted by atomic mass is 9.92. The van der Waals surface area contributed by atoms with Crippen molar-refractivity contribution in [2.45, 2.75) is 57.5 Å². The molecule has 2 aliphatic carbocycles. The molecule has 0 aromatic heterocycles. The molecular weight excluding hydrogens is 206 g/mol. The lowest BCUT2D eigenvalue weighted by Gasteiger charge is -2.18. The quantitative estimate of drug-likeness (QED) is 0.833. The fraction of sp³-hybridized carbons (Fsp3) is 0.625. The van der Waals surface area contributed by atoms with Crippen LogP contribution in [0.2, 0.25) is 0 Å². The summed E-state index contributed by atoms with van der Waals surface area (Å²) in [5.41, 5.74) is 2.08. The highest BCUT2D eigenvalue weighted by Crippen LogP contribution is 2.43. The Labute approximate surface area is 105 Å². The van der Waals surface area contributed by atoms with Crippen molar-refractivity contribution in [3.63, 3.8) is 0 Å². The van der Waals surface area contributed by atoms with E-state index in [2.05, 4.69) is 49.5 Å². The third-order valence-electron chi connectivity index (χ3n) is 4.44. The van der Waals surface area contributed by atoms with E-state index in [1.807, 2.05) is 0 Å². The fourth-order valence-corrected chi connectivity index (χ4v) is 3.33. The molecule has 1 heteroatoms. The van der Waals surface area contributed by atoms with E-state index in [-0.39, 0.29) is 0 Å². The van der Waals surface area contributed by atoms with Crippen LogP contribution in [0.15, 0.2) is 30.3 Å². The Bertz CT molecular complexity index is 382. The molecule has 1 nitrogen and oxygen atoms in total. The highest BCUT2D eigenvalue weighted by atomic mass is 15.0. The third kappa shape index (κ3) is 2.55. The van der Waals surface area contributed by atoms with E-state index in [0.29, 0.717) is 5.41 Å². The van der Waals surface area contributed by atoms with E-state index in [4.69, 9.17) is 0 Å². The van der Waals surface area contributed by atoms with Crippen LogP contribution in [0.1, 0.15) is 51.0 Å². The first-order valence-electron chi connectivity index (χ1n) is 6.95. The van der Waals surface area contributed by atoms with E-state index in [1.165, 1.54) is 31.2 Å². The summed E-state index contributed by atoms with van der Waals surface area (Å²) in [4.78, 5) is 0. The highest BCUT2D eigenvalue weighted by molar-refractivity contribution is 5.27. The predicted octanol–water partition coefficient (Wildman–Crippen LogP) is 3.71. The molecule has 1 aromatic rings. The summed E-state index contributed by atoms with van der Waals surface area (Å²) in [6.45, 7) is 4.80. The molecule has 3 unspecified atom stereocenters. The molecule has 2 aliphatic rings. The fourth-order valence-electron chi connectivity index (χ4n) is 3.33. The van der Waals surface area contributed by atoms with E-state index in [0.717, 1.165) is 18.0 Å². The molecule has 92 valence electrons. The van der Waals surface area contributed by atoms with Crippen LogP contribution in [0, 0.1) is 5.41 Å². The van der Waals surface area contributed by atoms with Crippen molar-refractivity contribution >= 4 is 0 Å². The molecule has 2 fully saturated rings. The van der Waals surface area contributed by atoms with Crippen LogP contribution in [0.25, 0.3) is 0 Å². The standard InChI is InChI=1S/C16H23N/c1-16(2)9-8-13(11-16)17-15-10-14(15)12-6-4-3-5-7-12/h3-7,13-15,17H,8-11H2,1-2H3. The predicted molar refractivity (Wildman–Crippen MR) is 72.1 cm³/mol. The topological polar surface area (TPSA) is 12.0 Å². The molecule has 3 rings (SSSR count). The van der Waals surface area contributed by atoms with Crippen LogP contribution in [0.4, 0.5) is 0 Å². The first-order valence-corrected chi connectivity index (χ1v) is 6.95. The normalized spacial score (nSPS) is 34.8. The molecule has 2 saturated carbocycles. The van der Waals surface area contributed by atoms with Crippen LogP contribution in [-0.4, -0.2) is 12.1 Å². The van der Waals surface area contributed by atoms with Gasteiger partial charge in [0.15, 0.2) is 0 Å². The summed E-state index contributed by atoms with van der Waals surface area (Å²) in [5, 5.41) is 3.86. The van der Waals surface area contributed by atoms with E-state index in [9.17, 15) is 0 Å². The van der Waals surface area contributed by atoms with Gasteiger partial charge >= 0.3 is 0 Å². The van der Waals surface area contributed by atoms with Gasteiger partial charge in [0.05, 0.1) is 0 Å². The largest absolute Gasteiger partial charge is 0.311 e. The molecule has 1 N–H and O–H groups in total. The Balaban J connectivity index is 1.53. The Morgan fingerprint density at radius 2 is 1.94 bits per heavy atom. The van der Waals surface area contributed by atoms with Crippen molar-refractivity contribution < 1.29 is 0 Å². The van der Waals surface area contributed by atoms with Gasteiger partial charge in [-0.05, 0) is 36.7 Å². The molecule has 0 aliphatic heterocycles. The molecular formula is C16H23N. The minimum absolute atomic E-state index is 0.564. The summed E-state index contributed by atoms with van der Waals surface area (Å²) in [6.07, 6.45) is 5.43. The molecule has 3 atom stereocenters. The minimum Gasteiger partial charge on any atom is -0.311 e. The molecule has 0 radical (unpaired) electrons. The summed E-state index contributed by atoms with van der Waals surface area (Å²) in [5.74, 6) is 0.778. The summed E-state index contributed by atoms with van der Waals surface area (Å²) in [7, 11) is 0. The maximum absolute atomic E-state index is 3.86. The lowest BCUT2D eigenvalue weighted by molar-refractivity contribution is 0.363. The number of nitrogens with one attached hydrogen (secondary N) is 1. The van der Waals surface area contributed by atoms with E-state index in [1.54, 1.807) is 0 Å². The Kier molecular flexibility index (Phi) is 2.74. The van der Waals surface area contributed by atoms with Crippen LogP contribution < -0.4 is 5.32 Å². The van der Waals surface area contributed by atoms with Gasteiger partial charge in [0.2, 0.25) is 0 Å². The average molecular weight is 229 g/mol. The van der Waals surface area contributed by atoms with Gasteiger partial charge in [-0.3, -0.25) is 0 Å². The van der Waals surface area contributed by atoms with Gasteiger partial charge in [0, 0.05) is 18.0 Å². The smallest absolute Gasteiger partial charge is 0.0145 e. The maximum atomic E-state index is 3.86. The first kappa shape index (κ1) is 11.3. The van der Waals surface area contributed by atoms with Gasteiger partial charge in [-0.2, -0.15) is 0 Å². The maximum Gasteiger partial charge on any atom is 0.0145 e. The highest BCUT2D eigenvalue weighted by Gasteiger charge is 2.41. The third-order valence-corrected chi connectivity index (χ3v) is 4.44. The molecule has 0 bridgehead atoms. The van der Waals surface area contributed by atoms with Gasteiger partial charge < -0.3 is 5.32 Å². The second-order valence-corrected chi connectivity index (χ2v) is 6.63. The Hall–Kier alpha value is -0.820. The zero-order valence-electron chi connectivity index (χ0n) is 10.9. The summed E-state index contributed by atoms with van der Waals surface area (Å²) in [6, 6.07) is 12.5. The van der Waals surface area contributed by atoms with Gasteiger partial charge in [0.1, 0.15) is 0 Å². The van der Waals surface area contributed by atoms with Gasteiger partial charge in [-0.25, -0.2) is 0 Å². The van der Waals surface area contributed by atoms with Crippen molar-refractivity contribution in [1.29, 1.82) is 0 Å². The van der Waals surface area contributed by atoms with Crippen molar-refractivity contribution in [3.8, 4) is 0 Å². The zero-order valence-corrected chi connectivity index (χ0v) is 10.9. The molecule has 0 spiro atoms. The van der Waals surface area contributed by atoms with Crippen LogP contribution in [0.5, 0.6) is 0 Å². The Morgan fingerprint density at radius 1 is 1.18 bits per heavy atom. The SMILES string of the molecule is CC1(C)CCC(NC2CC2c2ccccc2)C1. The molecule has 17 heavy (non-hydrogen) atoms. The average Bonchev–Trinajstić information content (AvgIpc) is 2.98. The van der Waals surface area contributed by atoms with Gasteiger partial charge in [-0.1, -0.05) is 44.2 Å². The zero-order chi connectivity index (χ0) is 11.9. The summed E-state index contributed by atoms with van der Waals surface area (Å²) >= 11 is 0. The second-order valence-electron chi connectivity index (χ2n) is 6.63. The van der Waals surface area contributed by atoms with Crippen molar-refractivity contribution in [2.24, 2.45) is 5.41 Å². The second kappa shape index (κ2) is 4.13. The van der Waals surface area contributed by atoms with Crippen molar-refractivity contribution in [3.05, 3.63) is 35.9 Å². The van der Waals surface area contributed by atoms with Crippen molar-refractivity contribution in [2.75, 3.05) is 0 Å². The molecule has 1 aromatic carbocycles. The minimum atomic E-state index is 0.564. The Morgan fingerprint density at radius 3 is 2.59 bits per heavy atom. The molecule has 0 heterocycles. The van der Waals surface area contributed by atoms with E-state index >= 15 is 0 Å². The number of benzene rings is 1. The molecule has 0 amide bonds. The van der Waals surface area contributed by atoms with Gasteiger partial charge in [-0.15, -0.1) is 0 Å².